The highest BCUT2D eigenvalue weighted by Gasteiger charge is 2.34. The molecule has 1 aliphatic heterocycles. The highest BCUT2D eigenvalue weighted by Crippen LogP contribution is 2.39. The van der Waals surface area contributed by atoms with E-state index < -0.39 is 0 Å². The summed E-state index contributed by atoms with van der Waals surface area (Å²) < 4.78 is 5.15. The summed E-state index contributed by atoms with van der Waals surface area (Å²) >= 11 is 1.47. The van der Waals surface area contributed by atoms with Gasteiger partial charge in [0.2, 0.25) is 5.91 Å². The van der Waals surface area contributed by atoms with E-state index >= 15 is 0 Å². The molecule has 2 aromatic heterocycles. The third-order valence-electron chi connectivity index (χ3n) is 5.42. The standard InChI is InChI=1S/C20H25N5O3S/c1-3-28-19(27)14-7-8-15-17(14)21-20(29-15)22-18(26)13-5-4-10-25(11-13)16-9-6-12(2)23-24-16/h6,9,13-14H,3-5,7-8,10-11H2,1-2H3,(H,21,22,26). The van der Waals surface area contributed by atoms with E-state index in [4.69, 9.17) is 4.74 Å². The van der Waals surface area contributed by atoms with E-state index in [-0.39, 0.29) is 23.7 Å². The van der Waals surface area contributed by atoms with Gasteiger partial charge in [0.25, 0.3) is 0 Å². The van der Waals surface area contributed by atoms with Crippen molar-refractivity contribution in [2.24, 2.45) is 5.92 Å². The summed E-state index contributed by atoms with van der Waals surface area (Å²) in [6.07, 6.45) is 3.29. The Hall–Kier alpha value is -2.55. The van der Waals surface area contributed by atoms with Gasteiger partial charge in [-0.3, -0.25) is 9.59 Å². The molecule has 1 amide bonds. The van der Waals surface area contributed by atoms with E-state index in [0.717, 1.165) is 54.3 Å². The molecule has 9 heteroatoms. The molecule has 29 heavy (non-hydrogen) atoms. The van der Waals surface area contributed by atoms with Crippen molar-refractivity contribution in [3.8, 4) is 0 Å². The summed E-state index contributed by atoms with van der Waals surface area (Å²) in [5, 5.41) is 11.9. The lowest BCUT2D eigenvalue weighted by atomic mass is 9.97. The van der Waals surface area contributed by atoms with Gasteiger partial charge in [0.05, 0.1) is 23.9 Å². The summed E-state index contributed by atoms with van der Waals surface area (Å²) in [5.74, 6) is 0.105. The molecule has 0 aromatic carbocycles. The van der Waals surface area contributed by atoms with E-state index in [1.165, 1.54) is 11.3 Å². The number of rotatable bonds is 5. The number of nitrogens with one attached hydrogen (secondary N) is 1. The molecule has 0 bridgehead atoms. The van der Waals surface area contributed by atoms with Crippen LogP contribution in [0.15, 0.2) is 12.1 Å². The molecule has 1 saturated heterocycles. The first-order chi connectivity index (χ1) is 14.0. The van der Waals surface area contributed by atoms with Crippen LogP contribution in [0.4, 0.5) is 10.9 Å². The Bertz CT molecular complexity index is 898. The minimum absolute atomic E-state index is 0.0325. The molecule has 1 fully saturated rings. The molecule has 1 N–H and O–H groups in total. The van der Waals surface area contributed by atoms with Gasteiger partial charge in [0, 0.05) is 18.0 Å². The Labute approximate surface area is 173 Å². The highest BCUT2D eigenvalue weighted by molar-refractivity contribution is 7.16. The fourth-order valence-electron chi connectivity index (χ4n) is 3.92. The first kappa shape index (κ1) is 19.8. The van der Waals surface area contributed by atoms with Crippen molar-refractivity contribution < 1.29 is 14.3 Å². The number of hydrogen-bond acceptors (Lipinski definition) is 8. The van der Waals surface area contributed by atoms with Crippen molar-refractivity contribution in [1.82, 2.24) is 15.2 Å². The van der Waals surface area contributed by atoms with Crippen molar-refractivity contribution in [2.75, 3.05) is 29.9 Å². The molecule has 2 aromatic rings. The third kappa shape index (κ3) is 4.24. The lowest BCUT2D eigenvalue weighted by Gasteiger charge is -2.32. The van der Waals surface area contributed by atoms with Gasteiger partial charge in [-0.1, -0.05) is 0 Å². The minimum atomic E-state index is -0.308. The second-order valence-corrected chi connectivity index (χ2v) is 8.56. The van der Waals surface area contributed by atoms with Gasteiger partial charge in [-0.05, 0) is 51.7 Å². The quantitative estimate of drug-likeness (QED) is 0.750. The molecule has 2 aliphatic rings. The Morgan fingerprint density at radius 1 is 1.31 bits per heavy atom. The summed E-state index contributed by atoms with van der Waals surface area (Å²) in [6, 6.07) is 3.88. The maximum absolute atomic E-state index is 12.8. The fraction of sp³-hybridized carbons (Fsp3) is 0.550. The van der Waals surface area contributed by atoms with Crippen LogP contribution in [0.3, 0.4) is 0 Å². The average Bonchev–Trinajstić information content (AvgIpc) is 3.29. The van der Waals surface area contributed by atoms with E-state index in [1.807, 2.05) is 19.1 Å². The second kappa shape index (κ2) is 8.44. The lowest BCUT2D eigenvalue weighted by Crippen LogP contribution is -2.41. The SMILES string of the molecule is CCOC(=O)C1CCc2sc(NC(=O)C3CCCN(c4ccc(C)nn4)C3)nc21. The molecular weight excluding hydrogens is 390 g/mol. The van der Waals surface area contributed by atoms with Crippen LogP contribution in [0, 0.1) is 12.8 Å². The highest BCUT2D eigenvalue weighted by atomic mass is 32.1. The molecular formula is C20H25N5O3S. The predicted octanol–water partition coefficient (Wildman–Crippen LogP) is 2.69. The molecule has 2 unspecified atom stereocenters. The van der Waals surface area contributed by atoms with Crippen LogP contribution >= 0.6 is 11.3 Å². The van der Waals surface area contributed by atoms with Gasteiger partial charge in [0.1, 0.15) is 5.92 Å². The number of anilines is 2. The first-order valence-electron chi connectivity index (χ1n) is 10.1. The van der Waals surface area contributed by atoms with E-state index in [0.29, 0.717) is 18.3 Å². The van der Waals surface area contributed by atoms with Gasteiger partial charge in [-0.2, -0.15) is 5.10 Å². The van der Waals surface area contributed by atoms with Gasteiger partial charge < -0.3 is 15.0 Å². The van der Waals surface area contributed by atoms with Crippen LogP contribution in [0.25, 0.3) is 0 Å². The van der Waals surface area contributed by atoms with Gasteiger partial charge in [0.15, 0.2) is 10.9 Å². The number of aryl methyl sites for hydroxylation is 2. The summed E-state index contributed by atoms with van der Waals surface area (Å²) in [6.45, 7) is 5.55. The van der Waals surface area contributed by atoms with E-state index in [2.05, 4.69) is 25.4 Å². The van der Waals surface area contributed by atoms with Crippen molar-refractivity contribution in [2.45, 2.75) is 45.4 Å². The van der Waals surface area contributed by atoms with Crippen molar-refractivity contribution in [1.29, 1.82) is 0 Å². The normalized spacial score (nSPS) is 21.0. The number of amides is 1. The molecule has 2 atom stereocenters. The Kier molecular flexibility index (Phi) is 5.75. The molecule has 154 valence electrons. The number of ether oxygens (including phenoxy) is 1. The van der Waals surface area contributed by atoms with Crippen molar-refractivity contribution >= 4 is 34.2 Å². The molecule has 8 nitrogen and oxygen atoms in total. The van der Waals surface area contributed by atoms with Crippen molar-refractivity contribution in [3.63, 3.8) is 0 Å². The fourth-order valence-corrected chi connectivity index (χ4v) is 4.96. The molecule has 0 spiro atoms. The largest absolute Gasteiger partial charge is 0.465 e. The van der Waals surface area contributed by atoms with Crippen LogP contribution in [0.2, 0.25) is 0 Å². The van der Waals surface area contributed by atoms with Gasteiger partial charge in [-0.15, -0.1) is 16.4 Å². The Morgan fingerprint density at radius 2 is 2.17 bits per heavy atom. The number of aromatic nitrogens is 3. The number of carbonyl (C=O) groups excluding carboxylic acids is 2. The average molecular weight is 416 g/mol. The van der Waals surface area contributed by atoms with Crippen molar-refractivity contribution in [3.05, 3.63) is 28.4 Å². The van der Waals surface area contributed by atoms with Gasteiger partial charge in [-0.25, -0.2) is 4.98 Å². The maximum Gasteiger partial charge on any atom is 0.315 e. The number of carbonyl (C=O) groups is 2. The minimum Gasteiger partial charge on any atom is -0.465 e. The maximum atomic E-state index is 12.8. The monoisotopic (exact) mass is 415 g/mol. The molecule has 3 heterocycles. The number of piperidine rings is 1. The van der Waals surface area contributed by atoms with Crippen LogP contribution in [-0.2, 0) is 20.7 Å². The second-order valence-electron chi connectivity index (χ2n) is 7.48. The Balaban J connectivity index is 1.40. The van der Waals surface area contributed by atoms with Crippen LogP contribution in [0.5, 0.6) is 0 Å². The summed E-state index contributed by atoms with van der Waals surface area (Å²) in [5.41, 5.74) is 1.64. The zero-order chi connectivity index (χ0) is 20.4. The number of fused-ring (bicyclic) bond motifs is 1. The summed E-state index contributed by atoms with van der Waals surface area (Å²) in [4.78, 5) is 32.7. The smallest absolute Gasteiger partial charge is 0.315 e. The number of hydrogen-bond donors (Lipinski definition) is 1. The zero-order valence-electron chi connectivity index (χ0n) is 16.7. The van der Waals surface area contributed by atoms with Crippen LogP contribution < -0.4 is 10.2 Å². The van der Waals surface area contributed by atoms with E-state index in [9.17, 15) is 9.59 Å². The van der Waals surface area contributed by atoms with E-state index in [1.54, 1.807) is 6.92 Å². The van der Waals surface area contributed by atoms with Gasteiger partial charge >= 0.3 is 5.97 Å². The number of thiazole rings is 1. The Morgan fingerprint density at radius 3 is 2.93 bits per heavy atom. The summed E-state index contributed by atoms with van der Waals surface area (Å²) in [7, 11) is 0. The lowest BCUT2D eigenvalue weighted by molar-refractivity contribution is -0.145. The topological polar surface area (TPSA) is 97.3 Å². The number of esters is 1. The molecule has 4 rings (SSSR count). The molecule has 0 radical (unpaired) electrons. The predicted molar refractivity (Wildman–Crippen MR) is 110 cm³/mol. The first-order valence-corrected chi connectivity index (χ1v) is 10.9. The van der Waals surface area contributed by atoms with Crippen LogP contribution in [0.1, 0.15) is 48.4 Å². The zero-order valence-corrected chi connectivity index (χ0v) is 17.5. The molecule has 1 aliphatic carbocycles. The number of nitrogens with zero attached hydrogens (tertiary/aromatic N) is 4. The third-order valence-corrected chi connectivity index (χ3v) is 6.47. The molecule has 0 saturated carbocycles. The van der Waals surface area contributed by atoms with Crippen LogP contribution in [-0.4, -0.2) is 46.8 Å².